The smallest absolute Gasteiger partial charge is 0.306 e. The standard InChI is InChI=1S/C21H39IO3Si/c1-16-11-8-9-12-18(17(2)15-22)24-20(23)14-10-13-19(16)25-26(6,7)21(3,4)5/h8-9,16-19H,10-15H2,1-7H3/b9-8-/t16-,17-,18+,19-/m0/s1. The SMILES string of the molecule is C[C@H]1C/C=C\C[C@H]([C@@H](C)CI)OC(=O)CCC[C@@H]1O[Si](C)(C)C(C)(C)C. The minimum Gasteiger partial charge on any atom is -0.462 e. The molecule has 1 aliphatic rings. The summed E-state index contributed by atoms with van der Waals surface area (Å²) in [6.07, 6.45) is 8.80. The van der Waals surface area contributed by atoms with E-state index < -0.39 is 8.32 Å². The van der Waals surface area contributed by atoms with Crippen LogP contribution in [0.1, 0.15) is 66.7 Å². The maximum Gasteiger partial charge on any atom is 0.306 e. The molecule has 26 heavy (non-hydrogen) atoms. The van der Waals surface area contributed by atoms with Crippen molar-refractivity contribution in [1.29, 1.82) is 0 Å². The van der Waals surface area contributed by atoms with Crippen LogP contribution in [0.5, 0.6) is 0 Å². The summed E-state index contributed by atoms with van der Waals surface area (Å²) in [6, 6.07) is 0. The van der Waals surface area contributed by atoms with Gasteiger partial charge in [-0.05, 0) is 43.3 Å². The van der Waals surface area contributed by atoms with Gasteiger partial charge in [0.05, 0.1) is 0 Å². The second-order valence-electron chi connectivity index (χ2n) is 9.39. The van der Waals surface area contributed by atoms with Crippen LogP contribution in [0.15, 0.2) is 12.2 Å². The number of halogens is 1. The zero-order valence-electron chi connectivity index (χ0n) is 17.8. The molecule has 0 unspecified atom stereocenters. The molecule has 152 valence electrons. The molecule has 0 aliphatic carbocycles. The van der Waals surface area contributed by atoms with Crippen LogP contribution in [0.3, 0.4) is 0 Å². The molecule has 0 radical (unpaired) electrons. The number of alkyl halides is 1. The Hall–Kier alpha value is 0.117. The van der Waals surface area contributed by atoms with Crippen LogP contribution in [0.4, 0.5) is 0 Å². The predicted molar refractivity (Wildman–Crippen MR) is 121 cm³/mol. The normalized spacial score (nSPS) is 29.2. The lowest BCUT2D eigenvalue weighted by molar-refractivity contribution is -0.151. The van der Waals surface area contributed by atoms with Crippen molar-refractivity contribution in [3.8, 4) is 0 Å². The van der Waals surface area contributed by atoms with E-state index in [1.54, 1.807) is 0 Å². The molecule has 0 bridgehead atoms. The molecule has 0 aromatic rings. The van der Waals surface area contributed by atoms with Gasteiger partial charge in [0.25, 0.3) is 0 Å². The number of carbonyl (C=O) groups is 1. The Bertz CT molecular complexity index is 470. The molecule has 1 rings (SSSR count). The molecule has 0 saturated heterocycles. The third-order valence-electron chi connectivity index (χ3n) is 5.96. The van der Waals surface area contributed by atoms with E-state index in [1.165, 1.54) is 0 Å². The van der Waals surface area contributed by atoms with E-state index in [0.717, 1.165) is 30.1 Å². The molecule has 0 aromatic heterocycles. The van der Waals surface area contributed by atoms with Gasteiger partial charge in [0, 0.05) is 29.3 Å². The maximum absolute atomic E-state index is 12.3. The van der Waals surface area contributed by atoms with E-state index in [2.05, 4.69) is 82.5 Å². The van der Waals surface area contributed by atoms with Gasteiger partial charge in [0.15, 0.2) is 8.32 Å². The molecule has 0 N–H and O–H groups in total. The summed E-state index contributed by atoms with van der Waals surface area (Å²) in [6.45, 7) is 15.9. The first-order valence-corrected chi connectivity index (χ1v) is 14.5. The summed E-state index contributed by atoms with van der Waals surface area (Å²) in [7, 11) is -1.81. The highest BCUT2D eigenvalue weighted by Gasteiger charge is 2.40. The highest BCUT2D eigenvalue weighted by Crippen LogP contribution is 2.39. The van der Waals surface area contributed by atoms with Crippen molar-refractivity contribution in [3.05, 3.63) is 12.2 Å². The first-order valence-electron chi connectivity index (χ1n) is 10.1. The highest BCUT2D eigenvalue weighted by molar-refractivity contribution is 14.1. The third-order valence-corrected chi connectivity index (χ3v) is 11.9. The van der Waals surface area contributed by atoms with Gasteiger partial charge < -0.3 is 9.16 Å². The van der Waals surface area contributed by atoms with E-state index in [-0.39, 0.29) is 23.2 Å². The van der Waals surface area contributed by atoms with Crippen molar-refractivity contribution in [2.45, 2.75) is 97.1 Å². The molecule has 0 aromatic carbocycles. The fraction of sp³-hybridized carbons (Fsp3) is 0.857. The molecule has 3 nitrogen and oxygen atoms in total. The fourth-order valence-electron chi connectivity index (χ4n) is 2.88. The maximum atomic E-state index is 12.3. The average molecular weight is 495 g/mol. The van der Waals surface area contributed by atoms with Crippen molar-refractivity contribution in [2.75, 3.05) is 4.43 Å². The molecular formula is C21H39IO3Si. The van der Waals surface area contributed by atoms with Crippen molar-refractivity contribution < 1.29 is 14.0 Å². The number of rotatable bonds is 4. The van der Waals surface area contributed by atoms with Crippen LogP contribution in [0.2, 0.25) is 18.1 Å². The Morgan fingerprint density at radius 2 is 1.92 bits per heavy atom. The lowest BCUT2D eigenvalue weighted by atomic mass is 9.95. The number of cyclic esters (lactones) is 1. The number of carbonyl (C=O) groups excluding carboxylic acids is 1. The van der Waals surface area contributed by atoms with Gasteiger partial charge in [-0.15, -0.1) is 0 Å². The topological polar surface area (TPSA) is 35.5 Å². The van der Waals surface area contributed by atoms with Crippen molar-refractivity contribution in [1.82, 2.24) is 0 Å². The van der Waals surface area contributed by atoms with Crippen LogP contribution < -0.4 is 0 Å². The number of hydrogen-bond donors (Lipinski definition) is 0. The van der Waals surface area contributed by atoms with Crippen molar-refractivity contribution in [2.24, 2.45) is 11.8 Å². The molecular weight excluding hydrogens is 455 g/mol. The van der Waals surface area contributed by atoms with Crippen molar-refractivity contribution >= 4 is 36.9 Å². The minimum absolute atomic E-state index is 0.00432. The minimum atomic E-state index is -1.81. The molecule has 5 heteroatoms. The zero-order valence-corrected chi connectivity index (χ0v) is 21.0. The van der Waals surface area contributed by atoms with E-state index in [9.17, 15) is 4.79 Å². The molecule has 0 spiro atoms. The lowest BCUT2D eigenvalue weighted by Gasteiger charge is -2.41. The van der Waals surface area contributed by atoms with Gasteiger partial charge in [-0.2, -0.15) is 0 Å². The second-order valence-corrected chi connectivity index (χ2v) is 15.0. The molecule has 0 saturated carbocycles. The summed E-state index contributed by atoms with van der Waals surface area (Å²) in [5.74, 6) is 0.801. The van der Waals surface area contributed by atoms with E-state index in [1.807, 2.05) is 0 Å². The van der Waals surface area contributed by atoms with E-state index in [4.69, 9.17) is 9.16 Å². The predicted octanol–water partition coefficient (Wildman–Crippen LogP) is 6.52. The summed E-state index contributed by atoms with van der Waals surface area (Å²) < 4.78 is 13.5. The van der Waals surface area contributed by atoms with Gasteiger partial charge >= 0.3 is 5.97 Å². The fourth-order valence-corrected chi connectivity index (χ4v) is 4.91. The number of esters is 1. The molecule has 4 atom stereocenters. The largest absolute Gasteiger partial charge is 0.462 e. The first-order chi connectivity index (χ1) is 12.0. The number of ether oxygens (including phenoxy) is 1. The summed E-state index contributed by atoms with van der Waals surface area (Å²) in [5.41, 5.74) is 0. The molecule has 1 heterocycles. The zero-order chi connectivity index (χ0) is 20.0. The molecule has 0 amide bonds. The Labute approximate surface area is 175 Å². The van der Waals surface area contributed by atoms with E-state index >= 15 is 0 Å². The summed E-state index contributed by atoms with van der Waals surface area (Å²) in [5, 5.41) is 0.202. The summed E-state index contributed by atoms with van der Waals surface area (Å²) >= 11 is 2.37. The van der Waals surface area contributed by atoms with Gasteiger partial charge in [-0.25, -0.2) is 0 Å². The third kappa shape index (κ3) is 7.62. The first kappa shape index (κ1) is 24.2. The van der Waals surface area contributed by atoms with Gasteiger partial charge in [-0.3, -0.25) is 4.79 Å². The Morgan fingerprint density at radius 1 is 1.31 bits per heavy atom. The quantitative estimate of drug-likeness (QED) is 0.147. The number of hydrogen-bond acceptors (Lipinski definition) is 3. The van der Waals surface area contributed by atoms with Gasteiger partial charge in [0.1, 0.15) is 6.10 Å². The van der Waals surface area contributed by atoms with Crippen LogP contribution in [-0.4, -0.2) is 30.9 Å². The average Bonchev–Trinajstić information content (AvgIpc) is 2.53. The highest BCUT2D eigenvalue weighted by atomic mass is 127. The van der Waals surface area contributed by atoms with Crippen LogP contribution in [0, 0.1) is 11.8 Å². The van der Waals surface area contributed by atoms with Gasteiger partial charge in [-0.1, -0.05) is 69.4 Å². The number of allylic oxidation sites excluding steroid dienone is 1. The van der Waals surface area contributed by atoms with Gasteiger partial charge in [0.2, 0.25) is 0 Å². The van der Waals surface area contributed by atoms with E-state index in [0.29, 0.717) is 18.3 Å². The second kappa shape index (κ2) is 10.6. The Morgan fingerprint density at radius 3 is 2.50 bits per heavy atom. The van der Waals surface area contributed by atoms with Crippen LogP contribution in [0.25, 0.3) is 0 Å². The lowest BCUT2D eigenvalue weighted by Crippen LogP contribution is -2.45. The molecule has 0 fully saturated rings. The van der Waals surface area contributed by atoms with Crippen LogP contribution in [-0.2, 0) is 14.0 Å². The Balaban J connectivity index is 2.86. The molecule has 1 aliphatic heterocycles. The van der Waals surface area contributed by atoms with Crippen molar-refractivity contribution in [3.63, 3.8) is 0 Å². The monoisotopic (exact) mass is 494 g/mol. The van der Waals surface area contributed by atoms with Crippen LogP contribution >= 0.6 is 22.6 Å². The Kier molecular flexibility index (Phi) is 9.85. The summed E-state index contributed by atoms with van der Waals surface area (Å²) in [4.78, 5) is 12.3.